The molecule has 9 heteroatoms. The second-order valence-corrected chi connectivity index (χ2v) is 3.55. The minimum Gasteiger partial charge on any atom is -0.477 e. The molecular formula is C9H12NO8+. The first kappa shape index (κ1) is 15.6. The smallest absolute Gasteiger partial charge is 0.389 e. The maximum Gasteiger partial charge on any atom is 0.389 e. The predicted molar refractivity (Wildman–Crippen MR) is 54.5 cm³/mol. The van der Waals surface area contributed by atoms with Crippen LogP contribution in [0.25, 0.3) is 0 Å². The summed E-state index contributed by atoms with van der Waals surface area (Å²) in [5.41, 5.74) is -0.804. The fourth-order valence-corrected chi connectivity index (χ4v) is 1.43. The van der Waals surface area contributed by atoms with Gasteiger partial charge >= 0.3 is 23.9 Å². The average molecular weight is 262 g/mol. The van der Waals surface area contributed by atoms with E-state index < -0.39 is 53.7 Å². The highest BCUT2D eigenvalue weighted by atomic mass is 16.4. The van der Waals surface area contributed by atoms with Gasteiger partial charge in [-0.1, -0.05) is 0 Å². The Kier molecular flexibility index (Phi) is 5.00. The largest absolute Gasteiger partial charge is 0.477 e. The Hall–Kier alpha value is -2.42. The highest BCUT2D eigenvalue weighted by molar-refractivity contribution is 5.85. The molecule has 9 nitrogen and oxygen atoms in total. The Morgan fingerprint density at radius 2 is 1.06 bits per heavy atom. The summed E-state index contributed by atoms with van der Waals surface area (Å²) in [6.07, 6.45) is 0. The van der Waals surface area contributed by atoms with Gasteiger partial charge in [0, 0.05) is 0 Å². The number of quaternary nitrogens is 1. The zero-order valence-corrected chi connectivity index (χ0v) is 9.20. The number of hydrogen-bond donors (Lipinski definition) is 4. The maximum absolute atomic E-state index is 10.8. The van der Waals surface area contributed by atoms with Gasteiger partial charge in [-0.2, -0.15) is 0 Å². The Labute approximate surface area is 101 Å². The Morgan fingerprint density at radius 1 is 0.778 bits per heavy atom. The number of hydrogen-bond acceptors (Lipinski definition) is 4. The minimum atomic E-state index is -1.65. The normalized spacial score (nSPS) is 10.7. The van der Waals surface area contributed by atoms with E-state index in [-0.39, 0.29) is 0 Å². The molecule has 0 unspecified atom stereocenters. The summed E-state index contributed by atoms with van der Waals surface area (Å²) in [5.74, 6) is -6.24. The van der Waals surface area contributed by atoms with E-state index in [2.05, 4.69) is 6.58 Å². The van der Waals surface area contributed by atoms with Crippen LogP contribution in [0.3, 0.4) is 0 Å². The van der Waals surface area contributed by atoms with Crippen LogP contribution >= 0.6 is 0 Å². The van der Waals surface area contributed by atoms with Crippen molar-refractivity contribution in [2.75, 3.05) is 19.6 Å². The number of rotatable bonds is 8. The molecule has 0 aromatic rings. The third-order valence-electron chi connectivity index (χ3n) is 2.13. The molecule has 0 rings (SSSR count). The number of carboxylic acid groups (broad SMARTS) is 4. The van der Waals surface area contributed by atoms with E-state index in [0.29, 0.717) is 0 Å². The van der Waals surface area contributed by atoms with Gasteiger partial charge in [-0.05, 0) is 6.58 Å². The lowest BCUT2D eigenvalue weighted by molar-refractivity contribution is -0.866. The number of carboxylic acids is 4. The summed E-state index contributed by atoms with van der Waals surface area (Å²) in [5, 5.41) is 34.8. The quantitative estimate of drug-likeness (QED) is 0.310. The average Bonchev–Trinajstić information content (AvgIpc) is 2.12. The molecule has 0 bridgehead atoms. The number of carbonyl (C=O) groups is 4. The molecular weight excluding hydrogens is 250 g/mol. The van der Waals surface area contributed by atoms with Crippen molar-refractivity contribution < 1.29 is 44.1 Å². The predicted octanol–water partition coefficient (Wildman–Crippen LogP) is -1.34. The summed E-state index contributed by atoms with van der Waals surface area (Å²) in [6.45, 7) is 0.0797. The van der Waals surface area contributed by atoms with Crippen molar-refractivity contribution >= 4 is 23.9 Å². The molecule has 0 spiro atoms. The summed E-state index contributed by atoms with van der Waals surface area (Å²) < 4.78 is -1.28. The number of nitrogens with zero attached hydrogens (tertiary/aromatic N) is 1. The molecule has 0 aliphatic carbocycles. The van der Waals surface area contributed by atoms with E-state index in [9.17, 15) is 19.2 Å². The standard InChI is InChI=1S/C9H11NO8/c1-5(9(17)18)10(2-6(11)12,3-7(13)14)4-8(15)16/h1-4H2,(H3-,11,12,13,14,15,16,17,18)/p+1. The Morgan fingerprint density at radius 3 is 1.22 bits per heavy atom. The van der Waals surface area contributed by atoms with E-state index in [1.54, 1.807) is 0 Å². The van der Waals surface area contributed by atoms with E-state index in [0.717, 1.165) is 0 Å². The zero-order chi connectivity index (χ0) is 14.5. The fourth-order valence-electron chi connectivity index (χ4n) is 1.43. The highest BCUT2D eigenvalue weighted by Crippen LogP contribution is 2.16. The van der Waals surface area contributed by atoms with Gasteiger partial charge in [0.1, 0.15) is 0 Å². The molecule has 0 aliphatic heterocycles. The molecule has 0 aliphatic rings. The monoisotopic (exact) mass is 262 g/mol. The molecule has 0 saturated heterocycles. The van der Waals surface area contributed by atoms with Crippen molar-refractivity contribution in [3.05, 3.63) is 12.3 Å². The SMILES string of the molecule is C=C(C(=O)O)[N+](CC(=O)O)(CC(=O)O)CC(=O)O. The second-order valence-electron chi connectivity index (χ2n) is 3.55. The van der Waals surface area contributed by atoms with Gasteiger partial charge in [0.2, 0.25) is 5.70 Å². The van der Waals surface area contributed by atoms with Crippen molar-refractivity contribution in [3.8, 4) is 0 Å². The van der Waals surface area contributed by atoms with Crippen molar-refractivity contribution in [2.45, 2.75) is 0 Å². The molecule has 0 aromatic heterocycles. The molecule has 0 saturated carbocycles. The third kappa shape index (κ3) is 4.22. The summed E-state index contributed by atoms with van der Waals surface area (Å²) in [6, 6.07) is 0. The van der Waals surface area contributed by atoms with Crippen molar-refractivity contribution in [1.29, 1.82) is 0 Å². The van der Waals surface area contributed by atoms with E-state index >= 15 is 0 Å². The van der Waals surface area contributed by atoms with Crippen LogP contribution in [-0.2, 0) is 19.2 Å². The maximum atomic E-state index is 10.8. The summed E-state index contributed by atoms with van der Waals surface area (Å²) in [7, 11) is 0. The van der Waals surface area contributed by atoms with Crippen LogP contribution in [0.15, 0.2) is 12.3 Å². The highest BCUT2D eigenvalue weighted by Gasteiger charge is 2.42. The van der Waals surface area contributed by atoms with Gasteiger partial charge in [-0.15, -0.1) is 0 Å². The summed E-state index contributed by atoms with van der Waals surface area (Å²) in [4.78, 5) is 42.8. The van der Waals surface area contributed by atoms with Gasteiger partial charge in [0.05, 0.1) is 0 Å². The molecule has 0 aromatic carbocycles. The van der Waals surface area contributed by atoms with Gasteiger partial charge in [0.15, 0.2) is 19.6 Å². The summed E-state index contributed by atoms with van der Waals surface area (Å²) >= 11 is 0. The van der Waals surface area contributed by atoms with Crippen LogP contribution in [-0.4, -0.2) is 68.4 Å². The topological polar surface area (TPSA) is 149 Å². The first-order valence-corrected chi connectivity index (χ1v) is 4.55. The molecule has 0 amide bonds. The van der Waals surface area contributed by atoms with Crippen molar-refractivity contribution in [3.63, 3.8) is 0 Å². The molecule has 0 atom stereocenters. The van der Waals surface area contributed by atoms with Crippen molar-refractivity contribution in [2.24, 2.45) is 0 Å². The molecule has 0 heterocycles. The van der Waals surface area contributed by atoms with Crippen LogP contribution < -0.4 is 0 Å². The van der Waals surface area contributed by atoms with Crippen LogP contribution in [0.5, 0.6) is 0 Å². The van der Waals surface area contributed by atoms with E-state index in [1.165, 1.54) is 0 Å². The first-order chi connectivity index (χ1) is 8.10. The number of aliphatic carboxylic acids is 4. The van der Waals surface area contributed by atoms with Crippen LogP contribution in [0, 0.1) is 0 Å². The van der Waals surface area contributed by atoms with Crippen LogP contribution in [0.2, 0.25) is 0 Å². The van der Waals surface area contributed by atoms with Crippen LogP contribution in [0.1, 0.15) is 0 Å². The Balaban J connectivity index is 5.58. The lowest BCUT2D eigenvalue weighted by Gasteiger charge is -2.32. The van der Waals surface area contributed by atoms with Gasteiger partial charge in [-0.3, -0.25) is 4.48 Å². The molecule has 4 N–H and O–H groups in total. The fraction of sp³-hybridized carbons (Fsp3) is 0.333. The second kappa shape index (κ2) is 5.77. The Bertz CT molecular complexity index is 372. The minimum absolute atomic E-state index is 0.804. The lowest BCUT2D eigenvalue weighted by Crippen LogP contribution is -2.57. The zero-order valence-electron chi connectivity index (χ0n) is 9.20. The third-order valence-corrected chi connectivity index (χ3v) is 2.13. The van der Waals surface area contributed by atoms with Gasteiger partial charge in [-0.25, -0.2) is 19.2 Å². The molecule has 18 heavy (non-hydrogen) atoms. The van der Waals surface area contributed by atoms with Gasteiger partial charge < -0.3 is 20.4 Å². The van der Waals surface area contributed by atoms with Gasteiger partial charge in [0.25, 0.3) is 0 Å². The first-order valence-electron chi connectivity index (χ1n) is 4.55. The van der Waals surface area contributed by atoms with Crippen molar-refractivity contribution in [1.82, 2.24) is 0 Å². The van der Waals surface area contributed by atoms with E-state index in [4.69, 9.17) is 20.4 Å². The molecule has 0 fully saturated rings. The molecule has 100 valence electrons. The molecule has 0 radical (unpaired) electrons. The lowest BCUT2D eigenvalue weighted by atomic mass is 10.2. The van der Waals surface area contributed by atoms with E-state index in [1.807, 2.05) is 0 Å². The van der Waals surface area contributed by atoms with Crippen LogP contribution in [0.4, 0.5) is 0 Å².